The molecule has 2 rings (SSSR count). The van der Waals surface area contributed by atoms with Gasteiger partial charge >= 0.3 is 5.97 Å². The number of halogens is 2. The standard InChI is InChI=1S/C13H12F2N2O3/c1-2-19-12(18)6-5-11-16-17-13(20-11)8-3-4-9(14)10(15)7-8/h3-4,7H,2,5-6H2,1H3. The van der Waals surface area contributed by atoms with Gasteiger partial charge in [-0.05, 0) is 25.1 Å². The molecule has 1 aromatic heterocycles. The molecule has 0 amide bonds. The highest BCUT2D eigenvalue weighted by Gasteiger charge is 2.12. The van der Waals surface area contributed by atoms with E-state index in [1.165, 1.54) is 6.07 Å². The number of rotatable bonds is 5. The largest absolute Gasteiger partial charge is 0.466 e. The fourth-order valence-electron chi connectivity index (χ4n) is 1.54. The van der Waals surface area contributed by atoms with E-state index in [1.807, 2.05) is 0 Å². The molecule has 0 saturated heterocycles. The molecule has 1 heterocycles. The lowest BCUT2D eigenvalue weighted by Crippen LogP contribution is -2.05. The van der Waals surface area contributed by atoms with Crippen molar-refractivity contribution in [2.24, 2.45) is 0 Å². The number of hydrogen-bond acceptors (Lipinski definition) is 5. The van der Waals surface area contributed by atoms with Gasteiger partial charge in [-0.2, -0.15) is 0 Å². The number of benzene rings is 1. The summed E-state index contributed by atoms with van der Waals surface area (Å²) in [6.45, 7) is 2.02. The molecule has 5 nitrogen and oxygen atoms in total. The molecule has 0 fully saturated rings. The van der Waals surface area contributed by atoms with Crippen molar-refractivity contribution < 1.29 is 22.7 Å². The Morgan fingerprint density at radius 1 is 1.30 bits per heavy atom. The zero-order chi connectivity index (χ0) is 14.5. The Balaban J connectivity index is 2.05. The van der Waals surface area contributed by atoms with Crippen molar-refractivity contribution in [3.05, 3.63) is 35.7 Å². The predicted molar refractivity (Wildman–Crippen MR) is 64.6 cm³/mol. The molecular formula is C13H12F2N2O3. The number of esters is 1. The minimum atomic E-state index is -0.992. The minimum Gasteiger partial charge on any atom is -0.466 e. The molecule has 0 aliphatic carbocycles. The van der Waals surface area contributed by atoms with Crippen molar-refractivity contribution in [2.45, 2.75) is 19.8 Å². The van der Waals surface area contributed by atoms with Gasteiger partial charge in [0.25, 0.3) is 0 Å². The highest BCUT2D eigenvalue weighted by Crippen LogP contribution is 2.20. The van der Waals surface area contributed by atoms with Gasteiger partial charge < -0.3 is 9.15 Å². The molecule has 7 heteroatoms. The monoisotopic (exact) mass is 282 g/mol. The second kappa shape index (κ2) is 6.23. The molecule has 0 radical (unpaired) electrons. The van der Waals surface area contributed by atoms with Gasteiger partial charge in [-0.3, -0.25) is 4.79 Å². The van der Waals surface area contributed by atoms with Crippen molar-refractivity contribution >= 4 is 5.97 Å². The van der Waals surface area contributed by atoms with E-state index in [2.05, 4.69) is 10.2 Å². The van der Waals surface area contributed by atoms with E-state index in [-0.39, 0.29) is 36.2 Å². The summed E-state index contributed by atoms with van der Waals surface area (Å²) in [5, 5.41) is 7.46. The number of nitrogens with zero attached hydrogens (tertiary/aromatic N) is 2. The predicted octanol–water partition coefficient (Wildman–Crippen LogP) is 2.51. The first-order valence-electron chi connectivity index (χ1n) is 6.03. The van der Waals surface area contributed by atoms with Gasteiger partial charge in [0.2, 0.25) is 11.8 Å². The van der Waals surface area contributed by atoms with E-state index >= 15 is 0 Å². The van der Waals surface area contributed by atoms with Crippen molar-refractivity contribution in [1.82, 2.24) is 10.2 Å². The molecule has 106 valence electrons. The third-order valence-corrected chi connectivity index (χ3v) is 2.48. The van der Waals surface area contributed by atoms with E-state index in [0.717, 1.165) is 12.1 Å². The maximum atomic E-state index is 13.1. The summed E-state index contributed by atoms with van der Waals surface area (Å²) in [6, 6.07) is 3.28. The number of hydrogen-bond donors (Lipinski definition) is 0. The highest BCUT2D eigenvalue weighted by molar-refractivity contribution is 5.69. The molecule has 0 spiro atoms. The fraction of sp³-hybridized carbons (Fsp3) is 0.308. The normalized spacial score (nSPS) is 10.6. The molecule has 20 heavy (non-hydrogen) atoms. The summed E-state index contributed by atoms with van der Waals surface area (Å²) in [6.07, 6.45) is 0.350. The van der Waals surface area contributed by atoms with Crippen LogP contribution in [0.25, 0.3) is 11.5 Å². The molecule has 0 N–H and O–H groups in total. The van der Waals surface area contributed by atoms with Crippen LogP contribution in [0.2, 0.25) is 0 Å². The zero-order valence-electron chi connectivity index (χ0n) is 10.7. The fourth-order valence-corrected chi connectivity index (χ4v) is 1.54. The van der Waals surface area contributed by atoms with Crippen LogP contribution < -0.4 is 0 Å². The van der Waals surface area contributed by atoms with Crippen LogP contribution in [0.15, 0.2) is 22.6 Å². The molecule has 0 aliphatic rings. The van der Waals surface area contributed by atoms with E-state index in [4.69, 9.17) is 9.15 Å². The Kier molecular flexibility index (Phi) is 4.39. The van der Waals surface area contributed by atoms with Crippen LogP contribution >= 0.6 is 0 Å². The van der Waals surface area contributed by atoms with Gasteiger partial charge in [-0.15, -0.1) is 10.2 Å². The minimum absolute atomic E-state index is 0.0720. The molecule has 0 atom stereocenters. The second-order valence-electron chi connectivity index (χ2n) is 3.93. The molecule has 0 aliphatic heterocycles. The SMILES string of the molecule is CCOC(=O)CCc1nnc(-c2ccc(F)c(F)c2)o1. The number of aromatic nitrogens is 2. The Hall–Kier alpha value is -2.31. The smallest absolute Gasteiger partial charge is 0.306 e. The summed E-state index contributed by atoms with van der Waals surface area (Å²) in [7, 11) is 0. The maximum absolute atomic E-state index is 13.1. The van der Waals surface area contributed by atoms with Gasteiger partial charge in [0.1, 0.15) is 0 Å². The Labute approximate surface area is 113 Å². The topological polar surface area (TPSA) is 65.2 Å². The molecule has 0 saturated carbocycles. The number of aryl methyl sites for hydroxylation is 1. The van der Waals surface area contributed by atoms with Crippen molar-refractivity contribution in [3.8, 4) is 11.5 Å². The van der Waals surface area contributed by atoms with Gasteiger partial charge in [0, 0.05) is 12.0 Å². The molecule has 0 bridgehead atoms. The quantitative estimate of drug-likeness (QED) is 0.788. The summed E-state index contributed by atoms with van der Waals surface area (Å²) >= 11 is 0. The zero-order valence-corrected chi connectivity index (χ0v) is 10.7. The first-order chi connectivity index (χ1) is 9.60. The van der Waals surface area contributed by atoms with E-state index in [9.17, 15) is 13.6 Å². The second-order valence-corrected chi connectivity index (χ2v) is 3.93. The lowest BCUT2D eigenvalue weighted by molar-refractivity contribution is -0.143. The lowest BCUT2D eigenvalue weighted by atomic mass is 10.2. The van der Waals surface area contributed by atoms with E-state index in [0.29, 0.717) is 6.61 Å². The number of carbonyl (C=O) groups excluding carboxylic acids is 1. The average Bonchev–Trinajstić information content (AvgIpc) is 2.89. The van der Waals surface area contributed by atoms with Crippen LogP contribution in [-0.4, -0.2) is 22.8 Å². The molecular weight excluding hydrogens is 270 g/mol. The van der Waals surface area contributed by atoms with Gasteiger partial charge in [-0.1, -0.05) is 0 Å². The summed E-state index contributed by atoms with van der Waals surface area (Å²) in [5.41, 5.74) is 0.277. The van der Waals surface area contributed by atoms with Crippen LogP contribution in [-0.2, 0) is 16.0 Å². The Morgan fingerprint density at radius 2 is 2.10 bits per heavy atom. The Morgan fingerprint density at radius 3 is 2.80 bits per heavy atom. The number of carbonyl (C=O) groups is 1. The van der Waals surface area contributed by atoms with E-state index < -0.39 is 11.6 Å². The molecule has 1 aromatic carbocycles. The van der Waals surface area contributed by atoms with Gasteiger partial charge in [0.15, 0.2) is 11.6 Å². The van der Waals surface area contributed by atoms with Crippen LogP contribution in [0.3, 0.4) is 0 Å². The van der Waals surface area contributed by atoms with Gasteiger partial charge in [0.05, 0.1) is 13.0 Å². The van der Waals surface area contributed by atoms with Crippen LogP contribution in [0.4, 0.5) is 8.78 Å². The van der Waals surface area contributed by atoms with Crippen LogP contribution in [0.1, 0.15) is 19.2 Å². The van der Waals surface area contributed by atoms with Crippen LogP contribution in [0.5, 0.6) is 0 Å². The molecule has 2 aromatic rings. The molecule has 0 unspecified atom stereocenters. The van der Waals surface area contributed by atoms with Crippen molar-refractivity contribution in [2.75, 3.05) is 6.61 Å². The summed E-state index contributed by atoms with van der Waals surface area (Å²) in [4.78, 5) is 11.2. The van der Waals surface area contributed by atoms with E-state index in [1.54, 1.807) is 6.92 Å². The maximum Gasteiger partial charge on any atom is 0.306 e. The third kappa shape index (κ3) is 3.37. The van der Waals surface area contributed by atoms with Crippen molar-refractivity contribution in [1.29, 1.82) is 0 Å². The average molecular weight is 282 g/mol. The first-order valence-corrected chi connectivity index (χ1v) is 6.03. The highest BCUT2D eigenvalue weighted by atomic mass is 19.2. The third-order valence-electron chi connectivity index (χ3n) is 2.48. The summed E-state index contributed by atoms with van der Waals surface area (Å²) in [5.74, 6) is -2.00. The first kappa shape index (κ1) is 14.1. The Bertz CT molecular complexity index is 613. The summed E-state index contributed by atoms with van der Waals surface area (Å²) < 4.78 is 35.9. The van der Waals surface area contributed by atoms with Crippen molar-refractivity contribution in [3.63, 3.8) is 0 Å². The lowest BCUT2D eigenvalue weighted by Gasteiger charge is -1.98. The van der Waals surface area contributed by atoms with Gasteiger partial charge in [-0.25, -0.2) is 8.78 Å². The number of ether oxygens (including phenoxy) is 1. The van der Waals surface area contributed by atoms with Crippen LogP contribution in [0, 0.1) is 11.6 Å².